The Morgan fingerprint density at radius 1 is 1.12 bits per heavy atom. The number of carboxylic acids is 1. The summed E-state index contributed by atoms with van der Waals surface area (Å²) >= 11 is 0. The molecule has 0 saturated carbocycles. The van der Waals surface area contributed by atoms with Crippen LogP contribution in [0.15, 0.2) is 30.3 Å². The Balaban J connectivity index is 2.36. The predicted octanol–water partition coefficient (Wildman–Crippen LogP) is 3.80. The molecule has 0 unspecified atom stereocenters. The largest absolute Gasteiger partial charge is 0.497 e. The number of rotatable bonds is 6. The highest BCUT2D eigenvalue weighted by Crippen LogP contribution is 2.42. The highest BCUT2D eigenvalue weighted by molar-refractivity contribution is 5.97. The molecule has 1 heterocycles. The van der Waals surface area contributed by atoms with Gasteiger partial charge >= 0.3 is 5.97 Å². The van der Waals surface area contributed by atoms with Crippen LogP contribution in [-0.2, 0) is 11.2 Å². The van der Waals surface area contributed by atoms with Crippen LogP contribution in [0.3, 0.4) is 0 Å². The summed E-state index contributed by atoms with van der Waals surface area (Å²) in [7, 11) is 4.73. The highest BCUT2D eigenvalue weighted by Gasteiger charge is 2.21. The zero-order valence-corrected chi connectivity index (χ0v) is 15.2. The zero-order chi connectivity index (χ0) is 18.8. The number of hydrogen-bond acceptors (Lipinski definition) is 4. The van der Waals surface area contributed by atoms with Crippen molar-refractivity contribution in [1.29, 1.82) is 0 Å². The minimum Gasteiger partial charge on any atom is -0.497 e. The lowest BCUT2D eigenvalue weighted by Gasteiger charge is -2.13. The van der Waals surface area contributed by atoms with Gasteiger partial charge in [-0.3, -0.25) is 4.79 Å². The maximum Gasteiger partial charge on any atom is 0.307 e. The third-order valence-corrected chi connectivity index (χ3v) is 4.42. The summed E-state index contributed by atoms with van der Waals surface area (Å²) in [6.07, 6.45) is -0.123. The molecule has 0 aliphatic carbocycles. The molecule has 1 aromatic heterocycles. The molecule has 3 aromatic rings. The van der Waals surface area contributed by atoms with Gasteiger partial charge in [0.05, 0.1) is 33.4 Å². The average Bonchev–Trinajstić information content (AvgIpc) is 2.99. The van der Waals surface area contributed by atoms with Crippen LogP contribution < -0.4 is 14.2 Å². The number of hydrogen-bond donors (Lipinski definition) is 2. The van der Waals surface area contributed by atoms with Gasteiger partial charge in [-0.15, -0.1) is 0 Å². The van der Waals surface area contributed by atoms with E-state index in [0.29, 0.717) is 28.5 Å². The quantitative estimate of drug-likeness (QED) is 0.703. The van der Waals surface area contributed by atoms with Gasteiger partial charge in [-0.2, -0.15) is 0 Å². The highest BCUT2D eigenvalue weighted by atomic mass is 16.5. The van der Waals surface area contributed by atoms with E-state index in [4.69, 9.17) is 14.2 Å². The predicted molar refractivity (Wildman–Crippen MR) is 99.5 cm³/mol. The molecular formula is C20H21NO5. The first-order valence-corrected chi connectivity index (χ1v) is 8.12. The number of ether oxygens (including phenoxy) is 3. The maximum atomic E-state index is 11.5. The number of H-pyrrole nitrogens is 1. The first-order valence-electron chi connectivity index (χ1n) is 8.12. The fourth-order valence-electron chi connectivity index (χ4n) is 3.26. The minimum atomic E-state index is -0.908. The van der Waals surface area contributed by atoms with Crippen molar-refractivity contribution >= 4 is 16.9 Å². The second-order valence-corrected chi connectivity index (χ2v) is 5.96. The molecule has 0 saturated heterocycles. The van der Waals surface area contributed by atoms with Crippen LogP contribution in [-0.4, -0.2) is 37.4 Å². The number of carbonyl (C=O) groups is 1. The van der Waals surface area contributed by atoms with Gasteiger partial charge in [-0.1, -0.05) is 6.07 Å². The molecular weight excluding hydrogens is 334 g/mol. The number of nitrogens with one attached hydrogen (secondary N) is 1. The Morgan fingerprint density at radius 2 is 1.88 bits per heavy atom. The van der Waals surface area contributed by atoms with E-state index < -0.39 is 5.97 Å². The first kappa shape index (κ1) is 17.7. The Hall–Kier alpha value is -3.15. The van der Waals surface area contributed by atoms with Crippen molar-refractivity contribution in [3.63, 3.8) is 0 Å². The smallest absolute Gasteiger partial charge is 0.307 e. The number of aromatic amines is 1. The summed E-state index contributed by atoms with van der Waals surface area (Å²) in [5.74, 6) is 0.913. The summed E-state index contributed by atoms with van der Waals surface area (Å²) < 4.78 is 16.3. The van der Waals surface area contributed by atoms with Gasteiger partial charge in [0.15, 0.2) is 11.5 Å². The molecule has 0 atom stereocenters. The number of carboxylic acid groups (broad SMARTS) is 1. The van der Waals surface area contributed by atoms with Crippen molar-refractivity contribution < 1.29 is 24.1 Å². The average molecular weight is 355 g/mol. The molecule has 2 aromatic carbocycles. The van der Waals surface area contributed by atoms with Gasteiger partial charge in [-0.05, 0) is 42.3 Å². The first-order chi connectivity index (χ1) is 12.5. The van der Waals surface area contributed by atoms with E-state index in [9.17, 15) is 9.90 Å². The number of para-hydroxylation sites is 1. The van der Waals surface area contributed by atoms with Crippen LogP contribution in [0.4, 0.5) is 0 Å². The van der Waals surface area contributed by atoms with Crippen LogP contribution in [0.25, 0.3) is 22.2 Å². The normalized spacial score (nSPS) is 10.8. The number of methoxy groups -OCH3 is 3. The van der Waals surface area contributed by atoms with Gasteiger partial charge < -0.3 is 24.3 Å². The fourth-order valence-corrected chi connectivity index (χ4v) is 3.26. The number of benzene rings is 2. The summed E-state index contributed by atoms with van der Waals surface area (Å²) in [5, 5.41) is 10.3. The van der Waals surface area contributed by atoms with Crippen molar-refractivity contribution in [2.45, 2.75) is 13.3 Å². The van der Waals surface area contributed by atoms with E-state index in [1.54, 1.807) is 27.4 Å². The van der Waals surface area contributed by atoms with E-state index >= 15 is 0 Å². The van der Waals surface area contributed by atoms with Crippen molar-refractivity contribution in [2.24, 2.45) is 0 Å². The monoisotopic (exact) mass is 355 g/mol. The molecule has 0 bridgehead atoms. The molecule has 2 N–H and O–H groups in total. The second-order valence-electron chi connectivity index (χ2n) is 5.96. The molecule has 0 aliphatic rings. The van der Waals surface area contributed by atoms with E-state index in [2.05, 4.69) is 4.98 Å². The molecule has 0 fully saturated rings. The standard InChI is InChI=1S/C20H21NO5/c1-11-8-12(24-2)9-14-15(10-17(22)23)19(21-18(11)14)13-6-5-7-16(25-3)20(13)26-4/h5-9,21H,10H2,1-4H3,(H,22,23). The number of aromatic nitrogens is 1. The van der Waals surface area contributed by atoms with Crippen molar-refractivity contribution in [1.82, 2.24) is 4.98 Å². The van der Waals surface area contributed by atoms with Crippen LogP contribution in [0.2, 0.25) is 0 Å². The molecule has 6 heteroatoms. The van der Waals surface area contributed by atoms with Crippen LogP contribution in [0.1, 0.15) is 11.1 Å². The fraction of sp³-hybridized carbons (Fsp3) is 0.250. The zero-order valence-electron chi connectivity index (χ0n) is 15.2. The van der Waals surface area contributed by atoms with Gasteiger partial charge in [0.1, 0.15) is 5.75 Å². The molecule has 0 aliphatic heterocycles. The topological polar surface area (TPSA) is 80.8 Å². The molecule has 136 valence electrons. The number of fused-ring (bicyclic) bond motifs is 1. The van der Waals surface area contributed by atoms with E-state index in [-0.39, 0.29) is 6.42 Å². The lowest BCUT2D eigenvalue weighted by atomic mass is 10.0. The molecule has 0 amide bonds. The summed E-state index contributed by atoms with van der Waals surface area (Å²) in [4.78, 5) is 14.9. The lowest BCUT2D eigenvalue weighted by molar-refractivity contribution is -0.136. The summed E-state index contributed by atoms with van der Waals surface area (Å²) in [6.45, 7) is 1.96. The van der Waals surface area contributed by atoms with Crippen LogP contribution >= 0.6 is 0 Å². The van der Waals surface area contributed by atoms with Gasteiger partial charge in [0, 0.05) is 16.5 Å². The lowest BCUT2D eigenvalue weighted by Crippen LogP contribution is -2.02. The van der Waals surface area contributed by atoms with Crippen LogP contribution in [0.5, 0.6) is 17.2 Å². The summed E-state index contributed by atoms with van der Waals surface area (Å²) in [5.41, 5.74) is 3.98. The maximum absolute atomic E-state index is 11.5. The Bertz CT molecular complexity index is 974. The second kappa shape index (κ2) is 7.00. The Labute approximate surface area is 151 Å². The van der Waals surface area contributed by atoms with E-state index in [0.717, 1.165) is 22.0 Å². The molecule has 3 rings (SSSR count). The van der Waals surface area contributed by atoms with Crippen LogP contribution in [0, 0.1) is 6.92 Å². The molecule has 26 heavy (non-hydrogen) atoms. The molecule has 0 radical (unpaired) electrons. The van der Waals surface area contributed by atoms with Crippen molar-refractivity contribution in [3.8, 4) is 28.5 Å². The van der Waals surface area contributed by atoms with E-state index in [1.165, 1.54) is 0 Å². The van der Waals surface area contributed by atoms with Gasteiger partial charge in [-0.25, -0.2) is 0 Å². The molecule has 6 nitrogen and oxygen atoms in total. The Kier molecular flexibility index (Phi) is 4.75. The third kappa shape index (κ3) is 2.94. The third-order valence-electron chi connectivity index (χ3n) is 4.42. The number of aliphatic carboxylic acids is 1. The van der Waals surface area contributed by atoms with Crippen molar-refractivity contribution in [2.75, 3.05) is 21.3 Å². The minimum absolute atomic E-state index is 0.123. The Morgan fingerprint density at radius 3 is 2.50 bits per heavy atom. The summed E-state index contributed by atoms with van der Waals surface area (Å²) in [6, 6.07) is 9.30. The van der Waals surface area contributed by atoms with Crippen molar-refractivity contribution in [3.05, 3.63) is 41.5 Å². The van der Waals surface area contributed by atoms with E-state index in [1.807, 2.05) is 31.2 Å². The van der Waals surface area contributed by atoms with Gasteiger partial charge in [0.2, 0.25) is 0 Å². The molecule has 0 spiro atoms. The number of aryl methyl sites for hydroxylation is 1. The van der Waals surface area contributed by atoms with Gasteiger partial charge in [0.25, 0.3) is 0 Å². The SMILES string of the molecule is COc1cc(C)c2[nH]c(-c3cccc(OC)c3OC)c(CC(=O)O)c2c1.